The zero-order valence-corrected chi connectivity index (χ0v) is 84.2. The number of carboxylic acid groups (broad SMARTS) is 2. The molecule has 132 heavy (non-hydrogen) atoms. The van der Waals surface area contributed by atoms with E-state index in [1.54, 1.807) is 40.7 Å². The summed E-state index contributed by atoms with van der Waals surface area (Å²) in [5.41, 5.74) is 11.7. The van der Waals surface area contributed by atoms with Gasteiger partial charge in [-0.3, -0.25) is 42.2 Å². The number of carboxylic acids is 2. The lowest BCUT2D eigenvalue weighted by Crippen LogP contribution is -2.47. The summed E-state index contributed by atoms with van der Waals surface area (Å²) in [4.78, 5) is 109. The second kappa shape index (κ2) is 62.8. The smallest absolute Gasteiger partial charge is 0.335 e. The first-order chi connectivity index (χ1) is 61.7. The molecule has 0 aromatic heterocycles. The number of aromatic carboxylic acids is 1. The largest absolute Gasteiger partial charge is 0.481 e. The van der Waals surface area contributed by atoms with Crippen LogP contribution in [0.5, 0.6) is 0 Å². The number of aliphatic hydroxyl groups excluding tert-OH is 4. The van der Waals surface area contributed by atoms with Gasteiger partial charge in [-0.25, -0.2) is 21.6 Å². The molecule has 24 nitrogen and oxygen atoms in total. The number of hydrogen-bond donors (Lipinski definition) is 9. The lowest BCUT2D eigenvalue weighted by Gasteiger charge is -2.25. The normalized spacial score (nSPS) is 14.4. The molecule has 0 radical (unpaired) electrons. The Labute approximate surface area is 789 Å². The summed E-state index contributed by atoms with van der Waals surface area (Å²) in [5, 5.41) is 62.1. The average molecular weight is 1870 g/mol. The molecule has 1 unspecified atom stereocenters. The van der Waals surface area contributed by atoms with Crippen LogP contribution in [0.15, 0.2) is 188 Å². The molecular formula is C106H157N5O19S2. The third-order valence-corrected chi connectivity index (χ3v) is 25.1. The van der Waals surface area contributed by atoms with Crippen LogP contribution in [0, 0.1) is 59.2 Å². The summed E-state index contributed by atoms with van der Waals surface area (Å²) in [6.45, 7) is 38.0. The Hall–Kier alpha value is -9.61. The molecule has 7 aromatic carbocycles. The van der Waals surface area contributed by atoms with E-state index in [0.717, 1.165) is 89.3 Å². The molecular weight excluding hydrogens is 1710 g/mol. The highest BCUT2D eigenvalue weighted by Gasteiger charge is 2.30. The maximum atomic E-state index is 14.0. The lowest BCUT2D eigenvalue weighted by atomic mass is 9.83. The average Bonchev–Trinajstić information content (AvgIpc) is 0.806. The van der Waals surface area contributed by atoms with Crippen LogP contribution in [-0.2, 0) is 63.3 Å². The summed E-state index contributed by atoms with van der Waals surface area (Å²) in [5.74, 6) is -1.67. The number of nitrogens with two attached hydrogens (primary N) is 1. The van der Waals surface area contributed by atoms with Crippen LogP contribution in [0.2, 0.25) is 0 Å². The number of nitrogens with one attached hydrogen (secondary N) is 2. The van der Waals surface area contributed by atoms with Gasteiger partial charge in [0.05, 0.1) is 71.9 Å². The number of rotatable bonds is 47. The molecule has 0 fully saturated rings. The third kappa shape index (κ3) is 48.9. The first-order valence-corrected chi connectivity index (χ1v) is 49.8. The molecule has 26 heteroatoms. The fraction of sp³-hybridized carbons (Fsp3) is 0.519. The maximum Gasteiger partial charge on any atom is 0.335 e. The summed E-state index contributed by atoms with van der Waals surface area (Å²) in [6.07, 6.45) is 6.90. The Morgan fingerprint density at radius 2 is 0.742 bits per heavy atom. The van der Waals surface area contributed by atoms with Crippen LogP contribution in [0.4, 0.5) is 11.4 Å². The number of sulfonamides is 2. The van der Waals surface area contributed by atoms with Gasteiger partial charge in [-0.2, -0.15) is 0 Å². The van der Waals surface area contributed by atoms with E-state index in [-0.39, 0.29) is 111 Å². The monoisotopic (exact) mass is 1870 g/mol. The number of anilines is 2. The molecule has 7 rings (SSSR count). The molecule has 0 aliphatic heterocycles. The minimum absolute atomic E-state index is 0.0668. The molecule has 0 amide bonds. The first-order valence-electron chi connectivity index (χ1n) is 46.1. The fourth-order valence-electron chi connectivity index (χ4n) is 13.1. The van der Waals surface area contributed by atoms with Crippen molar-refractivity contribution in [1.29, 1.82) is 0 Å². The zero-order valence-electron chi connectivity index (χ0n) is 82.5. The van der Waals surface area contributed by atoms with Gasteiger partial charge in [-0.15, -0.1) is 0 Å². The van der Waals surface area contributed by atoms with Gasteiger partial charge in [-0.05, 0) is 204 Å². The minimum Gasteiger partial charge on any atom is -0.481 e. The molecule has 14 atom stereocenters. The highest BCUT2D eigenvalue weighted by atomic mass is 32.2. The minimum atomic E-state index is -3.67. The molecule has 0 saturated heterocycles. The van der Waals surface area contributed by atoms with Crippen LogP contribution in [-0.4, -0.2) is 183 Å². The molecule has 0 bridgehead atoms. The number of aldehydes is 1. The number of hydrogen-bond acceptors (Lipinski definition) is 20. The Morgan fingerprint density at radius 1 is 0.402 bits per heavy atom. The van der Waals surface area contributed by atoms with Crippen LogP contribution >= 0.6 is 0 Å². The molecule has 0 spiro atoms. The van der Waals surface area contributed by atoms with E-state index >= 15 is 0 Å². The molecule has 10 N–H and O–H groups in total. The summed E-state index contributed by atoms with van der Waals surface area (Å²) in [7, 11) is -4.54. The summed E-state index contributed by atoms with van der Waals surface area (Å²) < 4.78 is 50.6. The van der Waals surface area contributed by atoms with Gasteiger partial charge < -0.3 is 51.8 Å². The number of nitrogens with zero attached hydrogens (tertiary/aromatic N) is 2. The molecule has 732 valence electrons. The Morgan fingerprint density at radius 3 is 1.09 bits per heavy atom. The van der Waals surface area contributed by atoms with Crippen molar-refractivity contribution in [3.63, 3.8) is 0 Å². The van der Waals surface area contributed by atoms with E-state index in [2.05, 4.69) is 71.2 Å². The van der Waals surface area contributed by atoms with Gasteiger partial charge in [0, 0.05) is 80.6 Å². The Kier molecular flexibility index (Phi) is 57.3. The van der Waals surface area contributed by atoms with E-state index in [0.29, 0.717) is 61.8 Å². The Balaban J connectivity index is 0.000000867. The van der Waals surface area contributed by atoms with E-state index in [9.17, 15) is 75.3 Å². The van der Waals surface area contributed by atoms with Crippen LogP contribution in [0.3, 0.4) is 0 Å². The number of ketones is 6. The number of Topliss-reactive ketones (excluding diaryl/α,β-unsaturated/α-hetero) is 6. The number of carbonyl (C=O) groups excluding carboxylic acids is 7. The van der Waals surface area contributed by atoms with Gasteiger partial charge in [0.15, 0.2) is 28.9 Å². The fourth-order valence-corrected chi connectivity index (χ4v) is 14.1. The van der Waals surface area contributed by atoms with Crippen molar-refractivity contribution in [3.8, 4) is 0 Å². The summed E-state index contributed by atoms with van der Waals surface area (Å²) >= 11 is 0. The van der Waals surface area contributed by atoms with Crippen LogP contribution < -0.4 is 25.0 Å². The van der Waals surface area contributed by atoms with Crippen LogP contribution in [0.25, 0.3) is 0 Å². The van der Waals surface area contributed by atoms with Crippen molar-refractivity contribution in [2.75, 3.05) is 54.9 Å². The lowest BCUT2D eigenvalue weighted by molar-refractivity contribution is -0.144. The van der Waals surface area contributed by atoms with Crippen molar-refractivity contribution in [1.82, 2.24) is 10.6 Å². The first kappa shape index (κ1) is 120. The standard InChI is InChI=1S/C38H50N2O6S.C20H23NO5S.C19H31NO2.C10H20O2.C10H12O.C5H10O3.C4H11N/c1-26(2)17-18-35(42)38(28(4)41)39-25-30(20-29-13-9-7-10-14-29)21-37(44)33-22-32(23-34(24-33)40(5)47(6,45)46)36(43)19-27(3)31-15-11-8-12-16-31;1-13(15-8-6-5-7-9-15)14(2)19(22)16-10-17(20(23)24)12-18(11-16)21(3)27(4,25)26;1-14(2)10-11-18(22)19(16(4)21)20-13-15(3)12-17-8-6-5-7-9-17;1-7(2)5-6-10(12)8(3)9(4)11;1-9(8-11)7-10-5-3-2-4-6-10;1-3(4(2)6)5(7)8;1-4(2)3-5/h7-16,22-24,26-28,30,38-39,41H,17-21,25H2,1-6H3;5-14H,1-4H3,(H,23,24);5-9,14-16,19-21H,10-13H2,1-4H3;7-9,11H,5-6H2,1-4H3;2-6,8-9H,7H2,1H3;3-4,6H,1-2H3,(H,7,8);4H,3,5H2,1-2H3/t27-,28+,30+,38-;13-,14?;15-,16+,19-;8-,9+;9-;3-,4+;/m000000./s1. The SMILES string of the molecule is CC(C(=O)c1cc(C(=O)O)cc(N(C)S(C)(=O)=O)c1)[C@H](C)c1ccccc1.CC(C)CCC(=O)[C@@H](C)[C@@H](C)O.CC(C)CCC(=O)[C@@H](NC[C@@H](C)Cc1ccccc1)[C@@H](C)O.CC(C)CCC(=O)[C@@H](NC[C@@H](CC(=O)c1cc(C(=O)C[C@H](C)c2ccccc2)cc(N(C)S(C)(=O)=O)c1)Cc1ccccc1)[C@@H](C)O.CC(C)CN.C[C@H](C(=O)O)[C@@H](C)O.C[C@H](C=O)Cc1ccccc1. The van der Waals surface area contributed by atoms with E-state index < -0.39 is 80.3 Å². The maximum absolute atomic E-state index is 14.0. The quantitative estimate of drug-likeness (QED) is 0.0126. The van der Waals surface area contributed by atoms with Gasteiger partial charge in [0.25, 0.3) is 0 Å². The molecule has 0 heterocycles. The van der Waals surface area contributed by atoms with Crippen molar-refractivity contribution in [3.05, 3.63) is 238 Å². The second-order valence-electron chi connectivity index (χ2n) is 36.9. The predicted octanol–water partition coefficient (Wildman–Crippen LogP) is 17.6. The van der Waals surface area contributed by atoms with E-state index in [4.69, 9.17) is 21.1 Å². The van der Waals surface area contributed by atoms with E-state index in [1.165, 1.54) is 69.4 Å². The highest BCUT2D eigenvalue weighted by Crippen LogP contribution is 2.32. The number of carbonyl (C=O) groups is 9. The van der Waals surface area contributed by atoms with Crippen molar-refractivity contribution in [2.45, 2.75) is 251 Å². The van der Waals surface area contributed by atoms with Crippen molar-refractivity contribution < 1.29 is 90.6 Å². The number of aliphatic carboxylic acids is 1. The number of aliphatic hydroxyl groups is 4. The molecule has 0 saturated carbocycles. The van der Waals surface area contributed by atoms with Gasteiger partial charge >= 0.3 is 11.9 Å². The molecule has 0 aliphatic rings. The van der Waals surface area contributed by atoms with Gasteiger partial charge in [0.1, 0.15) is 12.1 Å². The molecule has 0 aliphatic carbocycles. The zero-order chi connectivity index (χ0) is 100. The van der Waals surface area contributed by atoms with Crippen molar-refractivity contribution in [2.24, 2.45) is 64.9 Å². The van der Waals surface area contributed by atoms with Crippen LogP contribution in [0.1, 0.15) is 264 Å². The van der Waals surface area contributed by atoms with Gasteiger partial charge in [0.2, 0.25) is 20.0 Å². The topological polar surface area (TPSA) is 400 Å². The highest BCUT2D eigenvalue weighted by molar-refractivity contribution is 7.92. The number of benzene rings is 7. The Bertz CT molecular complexity index is 4780. The predicted molar refractivity (Wildman–Crippen MR) is 533 cm³/mol. The molecule has 7 aromatic rings. The van der Waals surface area contributed by atoms with E-state index in [1.807, 2.05) is 174 Å². The third-order valence-electron chi connectivity index (χ3n) is 22.7. The second-order valence-corrected chi connectivity index (χ2v) is 40.9. The summed E-state index contributed by atoms with van der Waals surface area (Å²) in [6, 6.07) is 56.7. The van der Waals surface area contributed by atoms with Crippen molar-refractivity contribution >= 4 is 84.3 Å². The van der Waals surface area contributed by atoms with Gasteiger partial charge in [-0.1, -0.05) is 249 Å².